The largest absolute Gasteiger partial charge is 0.236 e. The number of hydrogen-bond acceptors (Lipinski definition) is 2. The Balaban J connectivity index is 2.31. The molecule has 0 radical (unpaired) electrons. The first-order valence-electron chi connectivity index (χ1n) is 6.23. The molecule has 3 rings (SSSR count). The van der Waals surface area contributed by atoms with Gasteiger partial charge in [0.05, 0.1) is 5.56 Å². The van der Waals surface area contributed by atoms with Gasteiger partial charge in [0.2, 0.25) is 0 Å². The molecule has 0 amide bonds. The van der Waals surface area contributed by atoms with Crippen LogP contribution < -0.4 is 0 Å². The molecule has 0 saturated carbocycles. The number of nitrogens with zero attached hydrogens (tertiary/aromatic N) is 2. The lowest BCUT2D eigenvalue weighted by Crippen LogP contribution is -1.97. The van der Waals surface area contributed by atoms with Crippen molar-refractivity contribution >= 4 is 10.8 Å². The molecule has 0 saturated heterocycles. The predicted molar refractivity (Wildman–Crippen MR) is 74.4 cm³/mol. The predicted octanol–water partition coefficient (Wildman–Crippen LogP) is 4.19. The second-order valence-corrected chi connectivity index (χ2v) is 4.86. The Morgan fingerprint density at radius 1 is 0.900 bits per heavy atom. The van der Waals surface area contributed by atoms with Gasteiger partial charge in [-0.15, -0.1) is 0 Å². The number of hydrogen-bond donors (Lipinski definition) is 0. The molecule has 0 unspecified atom stereocenters. The Bertz CT molecular complexity index is 796. The summed E-state index contributed by atoms with van der Waals surface area (Å²) in [7, 11) is 0. The number of aromatic nitrogens is 2. The van der Waals surface area contributed by atoms with Crippen molar-refractivity contribution < 1.29 is 8.78 Å². The van der Waals surface area contributed by atoms with Crippen molar-refractivity contribution in [3.05, 3.63) is 59.4 Å². The maximum absolute atomic E-state index is 14.5. The molecule has 0 N–H and O–H groups in total. The van der Waals surface area contributed by atoms with Gasteiger partial charge in [0, 0.05) is 17.8 Å². The van der Waals surface area contributed by atoms with Crippen molar-refractivity contribution in [3.8, 4) is 11.4 Å². The molecule has 0 atom stereocenters. The molecule has 2 nitrogen and oxygen atoms in total. The Kier molecular flexibility index (Phi) is 2.93. The van der Waals surface area contributed by atoms with Crippen LogP contribution in [0.15, 0.2) is 36.7 Å². The SMILES string of the molecule is Cc1cnc(-c2c(F)cc3cc(C)ccc3c2F)nc1. The third-order valence-electron chi connectivity index (χ3n) is 3.19. The fraction of sp³-hybridized carbons (Fsp3) is 0.125. The normalized spacial score (nSPS) is 11.0. The second kappa shape index (κ2) is 4.63. The molecule has 0 fully saturated rings. The second-order valence-electron chi connectivity index (χ2n) is 4.86. The van der Waals surface area contributed by atoms with Gasteiger partial charge < -0.3 is 0 Å². The van der Waals surface area contributed by atoms with Crippen molar-refractivity contribution in [2.75, 3.05) is 0 Å². The zero-order valence-electron chi connectivity index (χ0n) is 11.1. The molecule has 0 aliphatic heterocycles. The first kappa shape index (κ1) is 12.7. The third kappa shape index (κ3) is 2.03. The highest BCUT2D eigenvalue weighted by molar-refractivity contribution is 5.88. The number of halogens is 2. The van der Waals surface area contributed by atoms with Gasteiger partial charge in [-0.25, -0.2) is 18.7 Å². The van der Waals surface area contributed by atoms with Crippen molar-refractivity contribution in [1.29, 1.82) is 0 Å². The van der Waals surface area contributed by atoms with Gasteiger partial charge >= 0.3 is 0 Å². The average molecular weight is 270 g/mol. The lowest BCUT2D eigenvalue weighted by Gasteiger charge is -2.08. The van der Waals surface area contributed by atoms with E-state index in [0.29, 0.717) is 10.8 Å². The van der Waals surface area contributed by atoms with Gasteiger partial charge in [0.15, 0.2) is 5.82 Å². The minimum Gasteiger partial charge on any atom is -0.236 e. The summed E-state index contributed by atoms with van der Waals surface area (Å²) < 4.78 is 28.7. The molecule has 100 valence electrons. The van der Waals surface area contributed by atoms with Crippen LogP contribution in [0.2, 0.25) is 0 Å². The highest BCUT2D eigenvalue weighted by Crippen LogP contribution is 2.30. The Labute approximate surface area is 115 Å². The first-order valence-corrected chi connectivity index (χ1v) is 6.23. The van der Waals surface area contributed by atoms with E-state index in [4.69, 9.17) is 0 Å². The number of fused-ring (bicyclic) bond motifs is 1. The van der Waals surface area contributed by atoms with Crippen molar-refractivity contribution in [3.63, 3.8) is 0 Å². The summed E-state index contributed by atoms with van der Waals surface area (Å²) in [6.07, 6.45) is 3.08. The Morgan fingerprint density at radius 2 is 1.60 bits per heavy atom. The van der Waals surface area contributed by atoms with E-state index in [1.165, 1.54) is 6.07 Å². The quantitative estimate of drug-likeness (QED) is 0.662. The van der Waals surface area contributed by atoms with E-state index in [1.807, 2.05) is 13.8 Å². The van der Waals surface area contributed by atoms with Crippen LogP contribution >= 0.6 is 0 Å². The molecule has 1 heterocycles. The smallest absolute Gasteiger partial charge is 0.165 e. The van der Waals surface area contributed by atoms with Crippen LogP contribution in [0, 0.1) is 25.5 Å². The van der Waals surface area contributed by atoms with Crippen LogP contribution in [-0.2, 0) is 0 Å². The van der Waals surface area contributed by atoms with E-state index in [2.05, 4.69) is 9.97 Å². The van der Waals surface area contributed by atoms with Gasteiger partial charge in [-0.05, 0) is 30.9 Å². The van der Waals surface area contributed by atoms with E-state index < -0.39 is 11.6 Å². The summed E-state index contributed by atoms with van der Waals surface area (Å²) in [6, 6.07) is 6.52. The number of aryl methyl sites for hydroxylation is 2. The van der Waals surface area contributed by atoms with E-state index in [1.54, 1.807) is 30.6 Å². The monoisotopic (exact) mass is 270 g/mol. The van der Waals surface area contributed by atoms with Gasteiger partial charge in [-0.1, -0.05) is 23.8 Å². The van der Waals surface area contributed by atoms with Crippen LogP contribution in [-0.4, -0.2) is 9.97 Å². The van der Waals surface area contributed by atoms with Gasteiger partial charge in [-0.3, -0.25) is 0 Å². The van der Waals surface area contributed by atoms with Crippen LogP contribution in [0.25, 0.3) is 22.2 Å². The standard InChI is InChI=1S/C16H12F2N2/c1-9-3-4-12-11(5-9)6-13(17)14(15(12)18)16-19-7-10(2)8-20-16/h3-8H,1-2H3. The molecule has 0 spiro atoms. The topological polar surface area (TPSA) is 25.8 Å². The van der Waals surface area contributed by atoms with E-state index in [-0.39, 0.29) is 11.4 Å². The molecule has 0 aliphatic carbocycles. The average Bonchev–Trinajstić information content (AvgIpc) is 2.40. The molecular formula is C16H12F2N2. The van der Waals surface area contributed by atoms with Crippen molar-refractivity contribution in [1.82, 2.24) is 9.97 Å². The molecule has 0 aliphatic rings. The van der Waals surface area contributed by atoms with E-state index in [0.717, 1.165) is 11.1 Å². The zero-order valence-corrected chi connectivity index (χ0v) is 11.1. The van der Waals surface area contributed by atoms with Crippen LogP contribution in [0.4, 0.5) is 8.78 Å². The first-order chi connectivity index (χ1) is 9.56. The zero-order chi connectivity index (χ0) is 14.3. The Hall–Kier alpha value is -2.36. The molecule has 4 heteroatoms. The van der Waals surface area contributed by atoms with Crippen LogP contribution in [0.5, 0.6) is 0 Å². The van der Waals surface area contributed by atoms with Gasteiger partial charge in [0.1, 0.15) is 11.6 Å². The summed E-state index contributed by atoms with van der Waals surface area (Å²) in [4.78, 5) is 8.01. The summed E-state index contributed by atoms with van der Waals surface area (Å²) in [5.74, 6) is -1.21. The van der Waals surface area contributed by atoms with Gasteiger partial charge in [-0.2, -0.15) is 0 Å². The maximum atomic E-state index is 14.5. The summed E-state index contributed by atoms with van der Waals surface area (Å²) in [5, 5.41) is 0.909. The molecule has 2 aromatic carbocycles. The highest BCUT2D eigenvalue weighted by atomic mass is 19.1. The fourth-order valence-corrected chi connectivity index (χ4v) is 2.18. The molecule has 1 aromatic heterocycles. The number of benzene rings is 2. The van der Waals surface area contributed by atoms with E-state index >= 15 is 0 Å². The molecular weight excluding hydrogens is 258 g/mol. The third-order valence-corrected chi connectivity index (χ3v) is 3.19. The summed E-state index contributed by atoms with van der Waals surface area (Å²) in [6.45, 7) is 3.70. The maximum Gasteiger partial charge on any atom is 0.165 e. The van der Waals surface area contributed by atoms with Crippen molar-refractivity contribution in [2.24, 2.45) is 0 Å². The van der Waals surface area contributed by atoms with Crippen LogP contribution in [0.3, 0.4) is 0 Å². The summed E-state index contributed by atoms with van der Waals surface area (Å²) >= 11 is 0. The molecule has 20 heavy (non-hydrogen) atoms. The Morgan fingerprint density at radius 3 is 2.30 bits per heavy atom. The van der Waals surface area contributed by atoms with E-state index in [9.17, 15) is 8.78 Å². The lowest BCUT2D eigenvalue weighted by molar-refractivity contribution is 0.596. The van der Waals surface area contributed by atoms with Gasteiger partial charge in [0.25, 0.3) is 0 Å². The van der Waals surface area contributed by atoms with Crippen LogP contribution in [0.1, 0.15) is 11.1 Å². The van der Waals surface area contributed by atoms with Crippen molar-refractivity contribution in [2.45, 2.75) is 13.8 Å². The number of rotatable bonds is 1. The highest BCUT2D eigenvalue weighted by Gasteiger charge is 2.17. The minimum atomic E-state index is -0.649. The lowest BCUT2D eigenvalue weighted by atomic mass is 10.0. The fourth-order valence-electron chi connectivity index (χ4n) is 2.18. The summed E-state index contributed by atoms with van der Waals surface area (Å²) in [5.41, 5.74) is 1.61. The minimum absolute atomic E-state index is 0.0630. The molecule has 0 bridgehead atoms. The molecule has 3 aromatic rings.